The van der Waals surface area contributed by atoms with E-state index in [-0.39, 0.29) is 0 Å². The van der Waals surface area contributed by atoms with Gasteiger partial charge in [0.05, 0.1) is 0 Å². The Bertz CT molecular complexity index is 390. The second-order valence-corrected chi connectivity index (χ2v) is 6.81. The van der Waals surface area contributed by atoms with E-state index >= 15 is 0 Å². The lowest BCUT2D eigenvalue weighted by Crippen LogP contribution is -2.31. The lowest BCUT2D eigenvalue weighted by atomic mass is 9.71. The second kappa shape index (κ2) is 5.48. The van der Waals surface area contributed by atoms with Crippen LogP contribution >= 0.6 is 11.6 Å². The van der Waals surface area contributed by atoms with Crippen molar-refractivity contribution < 1.29 is 0 Å². The Morgan fingerprint density at radius 2 is 1.89 bits per heavy atom. The van der Waals surface area contributed by atoms with Crippen molar-refractivity contribution in [3.05, 3.63) is 23.5 Å². The summed E-state index contributed by atoms with van der Waals surface area (Å²) in [6, 6.07) is 4.47. The SMILES string of the molecule is CC(C)(C)C1CCC(Nc2ccnc(Cl)c2)CC1. The molecule has 0 amide bonds. The average molecular weight is 267 g/mol. The third kappa shape index (κ3) is 3.61. The van der Waals surface area contributed by atoms with Crippen LogP contribution in [-0.2, 0) is 0 Å². The first kappa shape index (κ1) is 13.7. The fourth-order valence-electron chi connectivity index (χ4n) is 2.83. The molecule has 100 valence electrons. The Morgan fingerprint density at radius 3 is 2.44 bits per heavy atom. The summed E-state index contributed by atoms with van der Waals surface area (Å²) >= 11 is 5.89. The van der Waals surface area contributed by atoms with Crippen molar-refractivity contribution in [2.24, 2.45) is 11.3 Å². The summed E-state index contributed by atoms with van der Waals surface area (Å²) in [6.45, 7) is 7.07. The predicted molar refractivity (Wildman–Crippen MR) is 78.1 cm³/mol. The highest BCUT2D eigenvalue weighted by molar-refractivity contribution is 6.29. The van der Waals surface area contributed by atoms with Crippen molar-refractivity contribution >= 4 is 17.3 Å². The lowest BCUT2D eigenvalue weighted by Gasteiger charge is -2.37. The minimum atomic E-state index is 0.449. The zero-order valence-corrected chi connectivity index (χ0v) is 12.3. The monoisotopic (exact) mass is 266 g/mol. The van der Waals surface area contributed by atoms with Gasteiger partial charge in [0, 0.05) is 17.9 Å². The third-order valence-corrected chi connectivity index (χ3v) is 4.26. The van der Waals surface area contributed by atoms with Gasteiger partial charge in [0.2, 0.25) is 0 Å². The molecule has 0 aliphatic heterocycles. The van der Waals surface area contributed by atoms with E-state index in [0.717, 1.165) is 11.6 Å². The van der Waals surface area contributed by atoms with Gasteiger partial charge < -0.3 is 5.32 Å². The molecule has 3 heteroatoms. The molecule has 1 N–H and O–H groups in total. The molecule has 1 fully saturated rings. The Labute approximate surface area is 115 Å². The van der Waals surface area contributed by atoms with E-state index in [9.17, 15) is 0 Å². The van der Waals surface area contributed by atoms with Gasteiger partial charge >= 0.3 is 0 Å². The van der Waals surface area contributed by atoms with Crippen molar-refractivity contribution in [3.8, 4) is 0 Å². The van der Waals surface area contributed by atoms with Crippen molar-refractivity contribution in [3.63, 3.8) is 0 Å². The van der Waals surface area contributed by atoms with Crippen molar-refractivity contribution in [2.75, 3.05) is 5.32 Å². The molecule has 0 atom stereocenters. The van der Waals surface area contributed by atoms with Gasteiger partial charge in [0.1, 0.15) is 5.15 Å². The molecule has 1 saturated carbocycles. The van der Waals surface area contributed by atoms with Crippen LogP contribution in [0.2, 0.25) is 5.15 Å². The molecule has 0 bridgehead atoms. The number of aromatic nitrogens is 1. The van der Waals surface area contributed by atoms with E-state index < -0.39 is 0 Å². The topological polar surface area (TPSA) is 24.9 Å². The molecule has 0 unspecified atom stereocenters. The molecule has 0 spiro atoms. The number of pyridine rings is 1. The minimum absolute atomic E-state index is 0.449. The average Bonchev–Trinajstić information content (AvgIpc) is 2.28. The van der Waals surface area contributed by atoms with Gasteiger partial charge in [0.25, 0.3) is 0 Å². The molecule has 0 saturated heterocycles. The summed E-state index contributed by atoms with van der Waals surface area (Å²) in [4.78, 5) is 4.00. The highest BCUT2D eigenvalue weighted by atomic mass is 35.5. The molecule has 1 aromatic rings. The van der Waals surface area contributed by atoms with Crippen LogP contribution in [-0.4, -0.2) is 11.0 Å². The summed E-state index contributed by atoms with van der Waals surface area (Å²) in [5.74, 6) is 0.858. The lowest BCUT2D eigenvalue weighted by molar-refractivity contribution is 0.173. The van der Waals surface area contributed by atoms with Crippen LogP contribution in [0.15, 0.2) is 18.3 Å². The third-order valence-electron chi connectivity index (χ3n) is 4.05. The van der Waals surface area contributed by atoms with Crippen LogP contribution in [0.25, 0.3) is 0 Å². The molecule has 1 aliphatic carbocycles. The Hall–Kier alpha value is -0.760. The summed E-state index contributed by atoms with van der Waals surface area (Å²) in [7, 11) is 0. The maximum atomic E-state index is 5.89. The van der Waals surface area contributed by atoms with Crippen molar-refractivity contribution in [1.82, 2.24) is 4.98 Å². The quantitative estimate of drug-likeness (QED) is 0.782. The molecule has 2 rings (SSSR count). The van der Waals surface area contributed by atoms with E-state index in [2.05, 4.69) is 31.1 Å². The Balaban J connectivity index is 1.87. The Morgan fingerprint density at radius 1 is 1.22 bits per heavy atom. The summed E-state index contributed by atoms with van der Waals surface area (Å²) in [6.07, 6.45) is 6.90. The van der Waals surface area contributed by atoms with E-state index in [4.69, 9.17) is 11.6 Å². The van der Waals surface area contributed by atoms with E-state index in [1.54, 1.807) is 6.20 Å². The number of anilines is 1. The molecule has 0 radical (unpaired) electrons. The van der Waals surface area contributed by atoms with Gasteiger partial charge in [-0.3, -0.25) is 0 Å². The first-order valence-electron chi connectivity index (χ1n) is 6.83. The van der Waals surface area contributed by atoms with Crippen LogP contribution in [0.5, 0.6) is 0 Å². The van der Waals surface area contributed by atoms with E-state index in [1.807, 2.05) is 12.1 Å². The standard InChI is InChI=1S/C15H23ClN2/c1-15(2,3)11-4-6-12(7-5-11)18-13-8-9-17-14(16)10-13/h8-12H,4-7H2,1-3H3,(H,17,18). The zero-order chi connectivity index (χ0) is 13.2. The summed E-state index contributed by atoms with van der Waals surface area (Å²) < 4.78 is 0. The minimum Gasteiger partial charge on any atom is -0.382 e. The highest BCUT2D eigenvalue weighted by Gasteiger charge is 2.29. The largest absolute Gasteiger partial charge is 0.382 e. The second-order valence-electron chi connectivity index (χ2n) is 6.43. The maximum Gasteiger partial charge on any atom is 0.131 e. The van der Waals surface area contributed by atoms with Gasteiger partial charge in [-0.15, -0.1) is 0 Å². The van der Waals surface area contributed by atoms with Gasteiger partial charge in [-0.1, -0.05) is 32.4 Å². The molecule has 2 nitrogen and oxygen atoms in total. The zero-order valence-electron chi connectivity index (χ0n) is 11.5. The van der Waals surface area contributed by atoms with Crippen LogP contribution in [0.4, 0.5) is 5.69 Å². The van der Waals surface area contributed by atoms with Crippen LogP contribution in [0.1, 0.15) is 46.5 Å². The number of nitrogens with one attached hydrogen (secondary N) is 1. The van der Waals surface area contributed by atoms with Gasteiger partial charge in [-0.2, -0.15) is 0 Å². The number of hydrogen-bond donors (Lipinski definition) is 1. The fourth-order valence-corrected chi connectivity index (χ4v) is 3.01. The molecule has 0 aromatic carbocycles. The first-order chi connectivity index (χ1) is 8.45. The number of hydrogen-bond acceptors (Lipinski definition) is 2. The van der Waals surface area contributed by atoms with Gasteiger partial charge in [-0.25, -0.2) is 4.98 Å². The van der Waals surface area contributed by atoms with Crippen molar-refractivity contribution in [2.45, 2.75) is 52.5 Å². The summed E-state index contributed by atoms with van der Waals surface area (Å²) in [5, 5.41) is 4.13. The summed E-state index contributed by atoms with van der Waals surface area (Å²) in [5.41, 5.74) is 1.54. The molecule has 1 aliphatic rings. The smallest absolute Gasteiger partial charge is 0.131 e. The van der Waals surface area contributed by atoms with Gasteiger partial charge in [0.15, 0.2) is 0 Å². The van der Waals surface area contributed by atoms with E-state index in [0.29, 0.717) is 16.6 Å². The molecular weight excluding hydrogens is 244 g/mol. The van der Waals surface area contributed by atoms with E-state index in [1.165, 1.54) is 25.7 Å². The van der Waals surface area contributed by atoms with Crippen LogP contribution in [0, 0.1) is 11.3 Å². The maximum absolute atomic E-state index is 5.89. The van der Waals surface area contributed by atoms with Crippen LogP contribution in [0.3, 0.4) is 0 Å². The molecule has 18 heavy (non-hydrogen) atoms. The Kier molecular flexibility index (Phi) is 4.16. The fraction of sp³-hybridized carbons (Fsp3) is 0.667. The first-order valence-corrected chi connectivity index (χ1v) is 7.21. The molecular formula is C15H23ClN2. The number of halogens is 1. The highest BCUT2D eigenvalue weighted by Crippen LogP contribution is 2.38. The van der Waals surface area contributed by atoms with Crippen LogP contribution < -0.4 is 5.32 Å². The number of rotatable bonds is 2. The molecule has 1 heterocycles. The van der Waals surface area contributed by atoms with Gasteiger partial charge in [-0.05, 0) is 49.1 Å². The molecule has 1 aromatic heterocycles. The normalized spacial score (nSPS) is 24.9. The van der Waals surface area contributed by atoms with Crippen molar-refractivity contribution in [1.29, 1.82) is 0 Å². The predicted octanol–water partition coefficient (Wildman–Crippen LogP) is 4.75. The number of nitrogens with zero attached hydrogens (tertiary/aromatic N) is 1.